The van der Waals surface area contributed by atoms with E-state index in [0.717, 1.165) is 63.9 Å². The Hall–Kier alpha value is -2.27. The van der Waals surface area contributed by atoms with Gasteiger partial charge in [0, 0.05) is 41.9 Å². The van der Waals surface area contributed by atoms with E-state index in [4.69, 9.17) is 10.1 Å². The number of aromatic nitrogens is 2. The number of nitrogens with one attached hydrogen (secondary N) is 1. The zero-order valence-electron chi connectivity index (χ0n) is 12.0. The minimum atomic E-state index is 0.733. The van der Waals surface area contributed by atoms with Crippen molar-refractivity contribution in [2.45, 2.75) is 25.7 Å². The maximum atomic E-state index is 8.02. The maximum Gasteiger partial charge on any atom is 0.142 e. The second-order valence-corrected chi connectivity index (χ2v) is 6.41. The molecule has 0 aromatic carbocycles. The van der Waals surface area contributed by atoms with Crippen molar-refractivity contribution < 1.29 is 4.74 Å². The van der Waals surface area contributed by atoms with E-state index >= 15 is 0 Å². The Labute approximate surface area is 132 Å². The molecule has 2 aromatic heterocycles. The summed E-state index contributed by atoms with van der Waals surface area (Å²) in [5, 5.41) is 8.96. The molecule has 5 heteroatoms. The zero-order chi connectivity index (χ0) is 14.9. The van der Waals surface area contributed by atoms with E-state index in [1.165, 1.54) is 0 Å². The first-order valence-corrected chi connectivity index (χ1v) is 8.17. The van der Waals surface area contributed by atoms with Crippen LogP contribution in [0.3, 0.4) is 0 Å². The number of thiazole rings is 1. The average Bonchev–Trinajstić information content (AvgIpc) is 3.06. The van der Waals surface area contributed by atoms with Crippen molar-refractivity contribution in [3.63, 3.8) is 0 Å². The smallest absolute Gasteiger partial charge is 0.142 e. The van der Waals surface area contributed by atoms with Gasteiger partial charge in [-0.2, -0.15) is 0 Å². The second-order valence-electron chi connectivity index (χ2n) is 5.38. The summed E-state index contributed by atoms with van der Waals surface area (Å²) in [6, 6.07) is 3.92. The molecule has 1 aliphatic heterocycles. The Bertz CT molecular complexity index is 789. The van der Waals surface area contributed by atoms with Crippen LogP contribution < -0.4 is 0 Å². The molecule has 0 radical (unpaired) electrons. The van der Waals surface area contributed by atoms with Crippen molar-refractivity contribution in [3.05, 3.63) is 53.0 Å². The van der Waals surface area contributed by atoms with Gasteiger partial charge in [-0.15, -0.1) is 11.3 Å². The van der Waals surface area contributed by atoms with Gasteiger partial charge < -0.3 is 10.1 Å². The summed E-state index contributed by atoms with van der Waals surface area (Å²) in [5.74, 6) is 1.85. The van der Waals surface area contributed by atoms with E-state index in [2.05, 4.69) is 16.0 Å². The minimum absolute atomic E-state index is 0.733. The van der Waals surface area contributed by atoms with Crippen LogP contribution in [0.15, 0.2) is 48.1 Å². The summed E-state index contributed by atoms with van der Waals surface area (Å²) in [5.41, 5.74) is 2.83. The second kappa shape index (κ2) is 5.50. The topological polar surface area (TPSA) is 58.9 Å². The summed E-state index contributed by atoms with van der Waals surface area (Å²) in [4.78, 5) is 9.64. The number of allylic oxidation sites excluding steroid dienone is 3. The van der Waals surface area contributed by atoms with Crippen LogP contribution in [0.1, 0.15) is 30.6 Å². The molecule has 4 rings (SSSR count). The first-order valence-electron chi connectivity index (χ1n) is 7.35. The van der Waals surface area contributed by atoms with Gasteiger partial charge in [-0.05, 0) is 37.5 Å². The zero-order valence-corrected chi connectivity index (χ0v) is 12.8. The summed E-state index contributed by atoms with van der Waals surface area (Å²) < 4.78 is 6.05. The summed E-state index contributed by atoms with van der Waals surface area (Å²) in [6.45, 7) is 0. The van der Waals surface area contributed by atoms with Gasteiger partial charge in [0.25, 0.3) is 0 Å². The van der Waals surface area contributed by atoms with Crippen molar-refractivity contribution in [2.24, 2.45) is 0 Å². The molecule has 0 bridgehead atoms. The predicted octanol–water partition coefficient (Wildman–Crippen LogP) is 4.42. The molecule has 2 aromatic rings. The number of rotatable bonds is 2. The molecule has 1 N–H and O–H groups in total. The van der Waals surface area contributed by atoms with E-state index in [9.17, 15) is 0 Å². The molecule has 0 spiro atoms. The maximum absolute atomic E-state index is 8.02. The van der Waals surface area contributed by atoms with Gasteiger partial charge in [0.2, 0.25) is 0 Å². The Morgan fingerprint density at radius 3 is 3.05 bits per heavy atom. The minimum Gasteiger partial charge on any atom is -0.460 e. The van der Waals surface area contributed by atoms with Gasteiger partial charge in [0.15, 0.2) is 0 Å². The third kappa shape index (κ3) is 2.37. The Balaban J connectivity index is 1.59. The van der Waals surface area contributed by atoms with Crippen LogP contribution in [0.25, 0.3) is 16.3 Å². The highest BCUT2D eigenvalue weighted by molar-refractivity contribution is 7.16. The van der Waals surface area contributed by atoms with Gasteiger partial charge >= 0.3 is 0 Å². The fourth-order valence-electron chi connectivity index (χ4n) is 2.78. The largest absolute Gasteiger partial charge is 0.460 e. The lowest BCUT2D eigenvalue weighted by molar-refractivity contribution is 0.345. The van der Waals surface area contributed by atoms with Crippen LogP contribution in [0.2, 0.25) is 0 Å². The van der Waals surface area contributed by atoms with Crippen molar-refractivity contribution >= 4 is 22.8 Å². The monoisotopic (exact) mass is 309 g/mol. The Morgan fingerprint density at radius 1 is 1.23 bits per heavy atom. The number of hydrogen-bond donors (Lipinski definition) is 1. The van der Waals surface area contributed by atoms with E-state index in [1.807, 2.05) is 24.5 Å². The van der Waals surface area contributed by atoms with Gasteiger partial charge in [-0.1, -0.05) is 0 Å². The fourth-order valence-corrected chi connectivity index (χ4v) is 3.66. The van der Waals surface area contributed by atoms with Crippen LogP contribution in [0, 0.1) is 5.41 Å². The SMILES string of the molecule is N=C1CCCC2=C1CC=C(c1cnc(-c3cccnc3)s1)O2. The average molecular weight is 309 g/mol. The van der Waals surface area contributed by atoms with Crippen LogP contribution in [-0.2, 0) is 4.74 Å². The molecule has 1 aliphatic carbocycles. The Kier molecular flexibility index (Phi) is 3.35. The van der Waals surface area contributed by atoms with E-state index < -0.39 is 0 Å². The van der Waals surface area contributed by atoms with Gasteiger partial charge in [0.05, 0.1) is 4.88 Å². The normalized spacial score (nSPS) is 17.8. The van der Waals surface area contributed by atoms with Crippen molar-refractivity contribution in [1.82, 2.24) is 9.97 Å². The molecule has 110 valence electrons. The molecule has 0 fully saturated rings. The first-order chi connectivity index (χ1) is 10.8. The van der Waals surface area contributed by atoms with Crippen molar-refractivity contribution in [3.8, 4) is 10.6 Å². The molecule has 0 amide bonds. The highest BCUT2D eigenvalue weighted by Crippen LogP contribution is 2.37. The number of hydrogen-bond acceptors (Lipinski definition) is 5. The molecule has 0 saturated heterocycles. The molecule has 0 atom stereocenters. The quantitative estimate of drug-likeness (QED) is 0.893. The first kappa shape index (κ1) is 13.4. The molecule has 3 heterocycles. The highest BCUT2D eigenvalue weighted by Gasteiger charge is 2.24. The van der Waals surface area contributed by atoms with Crippen LogP contribution in [-0.4, -0.2) is 15.7 Å². The van der Waals surface area contributed by atoms with E-state index in [1.54, 1.807) is 17.5 Å². The fraction of sp³-hybridized carbons (Fsp3) is 0.235. The number of pyridine rings is 1. The van der Waals surface area contributed by atoms with Crippen LogP contribution >= 0.6 is 11.3 Å². The van der Waals surface area contributed by atoms with Gasteiger partial charge in [0.1, 0.15) is 16.5 Å². The van der Waals surface area contributed by atoms with Gasteiger partial charge in [-0.3, -0.25) is 4.98 Å². The Morgan fingerprint density at radius 2 is 2.18 bits per heavy atom. The predicted molar refractivity (Wildman–Crippen MR) is 87.6 cm³/mol. The molecular weight excluding hydrogens is 294 g/mol. The highest BCUT2D eigenvalue weighted by atomic mass is 32.1. The lowest BCUT2D eigenvalue weighted by atomic mass is 9.92. The molecular formula is C17H15N3OS. The van der Waals surface area contributed by atoms with Crippen molar-refractivity contribution in [1.29, 1.82) is 5.41 Å². The lowest BCUT2D eigenvalue weighted by Crippen LogP contribution is -2.15. The summed E-state index contributed by atoms with van der Waals surface area (Å²) in [6.07, 6.45) is 11.1. The molecule has 0 saturated carbocycles. The molecule has 0 unspecified atom stereocenters. The molecule has 4 nitrogen and oxygen atoms in total. The molecule has 2 aliphatic rings. The summed E-state index contributed by atoms with van der Waals surface area (Å²) >= 11 is 1.61. The van der Waals surface area contributed by atoms with Crippen LogP contribution in [0.4, 0.5) is 0 Å². The third-order valence-corrected chi connectivity index (χ3v) is 4.97. The van der Waals surface area contributed by atoms with Crippen molar-refractivity contribution in [2.75, 3.05) is 0 Å². The number of ether oxygens (including phenoxy) is 1. The summed E-state index contributed by atoms with van der Waals surface area (Å²) in [7, 11) is 0. The number of nitrogens with zero attached hydrogens (tertiary/aromatic N) is 2. The van der Waals surface area contributed by atoms with E-state index in [0.29, 0.717) is 0 Å². The van der Waals surface area contributed by atoms with Gasteiger partial charge in [-0.25, -0.2) is 4.98 Å². The third-order valence-electron chi connectivity index (χ3n) is 3.91. The van der Waals surface area contributed by atoms with E-state index in [-0.39, 0.29) is 0 Å². The molecule has 22 heavy (non-hydrogen) atoms. The van der Waals surface area contributed by atoms with Crippen LogP contribution in [0.5, 0.6) is 0 Å². The lowest BCUT2D eigenvalue weighted by Gasteiger charge is -2.25. The standard InChI is InChI=1S/C17H15N3OS/c18-13-4-1-5-14-12(13)6-7-15(21-14)16-10-20-17(22-16)11-3-2-8-19-9-11/h2-3,7-10,18H,1,4-6H2.